The van der Waals surface area contributed by atoms with E-state index in [1.165, 1.54) is 11.1 Å². The number of hydrogen-bond donors (Lipinski definition) is 0. The molecule has 0 amide bonds. The Hall–Kier alpha value is -1.80. The standard InChI is InChI=1S/C16H15ClN2/c1-11-6-7-13(9-12(11)2)16-14(10-17)19-8-4-3-5-15(19)18-16/h3-9H,10H2,1-2H3. The third-order valence-corrected chi connectivity index (χ3v) is 3.79. The number of benzene rings is 1. The minimum Gasteiger partial charge on any atom is -0.302 e. The molecule has 0 saturated heterocycles. The minimum atomic E-state index is 0.452. The maximum atomic E-state index is 6.11. The molecule has 3 aromatic rings. The number of hydrogen-bond acceptors (Lipinski definition) is 1. The maximum absolute atomic E-state index is 6.11. The number of nitrogens with zero attached hydrogens (tertiary/aromatic N) is 2. The van der Waals surface area contributed by atoms with Gasteiger partial charge in [-0.3, -0.25) is 0 Å². The summed E-state index contributed by atoms with van der Waals surface area (Å²) in [6, 6.07) is 12.4. The van der Waals surface area contributed by atoms with Crippen LogP contribution in [-0.4, -0.2) is 9.38 Å². The summed E-state index contributed by atoms with van der Waals surface area (Å²) in [5, 5.41) is 0. The van der Waals surface area contributed by atoms with Crippen LogP contribution in [0.25, 0.3) is 16.9 Å². The highest BCUT2D eigenvalue weighted by atomic mass is 35.5. The molecule has 96 valence electrons. The molecular weight excluding hydrogens is 256 g/mol. The van der Waals surface area contributed by atoms with E-state index in [1.54, 1.807) is 0 Å². The molecular formula is C16H15ClN2. The van der Waals surface area contributed by atoms with E-state index in [0.717, 1.165) is 22.6 Å². The van der Waals surface area contributed by atoms with Gasteiger partial charge in [0.05, 0.1) is 17.3 Å². The van der Waals surface area contributed by atoms with E-state index in [-0.39, 0.29) is 0 Å². The first-order chi connectivity index (χ1) is 9.20. The van der Waals surface area contributed by atoms with Gasteiger partial charge in [0.2, 0.25) is 0 Å². The van der Waals surface area contributed by atoms with Gasteiger partial charge in [0.1, 0.15) is 5.65 Å². The van der Waals surface area contributed by atoms with Crippen molar-refractivity contribution in [2.24, 2.45) is 0 Å². The molecule has 3 heteroatoms. The summed E-state index contributed by atoms with van der Waals surface area (Å²) in [7, 11) is 0. The number of fused-ring (bicyclic) bond motifs is 1. The van der Waals surface area contributed by atoms with Gasteiger partial charge < -0.3 is 4.40 Å². The number of pyridine rings is 1. The van der Waals surface area contributed by atoms with Crippen LogP contribution in [-0.2, 0) is 5.88 Å². The fraction of sp³-hybridized carbons (Fsp3) is 0.188. The van der Waals surface area contributed by atoms with Crippen LogP contribution in [0.4, 0.5) is 0 Å². The van der Waals surface area contributed by atoms with Crippen molar-refractivity contribution in [1.29, 1.82) is 0 Å². The Kier molecular flexibility index (Phi) is 3.03. The highest BCUT2D eigenvalue weighted by Crippen LogP contribution is 2.27. The van der Waals surface area contributed by atoms with Gasteiger partial charge in [-0.2, -0.15) is 0 Å². The zero-order valence-corrected chi connectivity index (χ0v) is 11.8. The fourth-order valence-electron chi connectivity index (χ4n) is 2.29. The molecule has 2 heterocycles. The van der Waals surface area contributed by atoms with Crippen LogP contribution in [0.3, 0.4) is 0 Å². The zero-order valence-electron chi connectivity index (χ0n) is 11.0. The summed E-state index contributed by atoms with van der Waals surface area (Å²) in [5.74, 6) is 0.452. The summed E-state index contributed by atoms with van der Waals surface area (Å²) in [6.45, 7) is 4.24. The second-order valence-corrected chi connectivity index (χ2v) is 5.04. The summed E-state index contributed by atoms with van der Waals surface area (Å²) in [6.07, 6.45) is 2.00. The van der Waals surface area contributed by atoms with E-state index < -0.39 is 0 Å². The molecule has 0 spiro atoms. The molecule has 0 aliphatic carbocycles. The quantitative estimate of drug-likeness (QED) is 0.633. The molecule has 0 radical (unpaired) electrons. The number of alkyl halides is 1. The molecule has 0 bridgehead atoms. The first-order valence-corrected chi connectivity index (χ1v) is 6.83. The van der Waals surface area contributed by atoms with Crippen molar-refractivity contribution < 1.29 is 0 Å². The van der Waals surface area contributed by atoms with Gasteiger partial charge in [-0.15, -0.1) is 11.6 Å². The number of imidazole rings is 1. The number of halogens is 1. The number of aromatic nitrogens is 2. The predicted molar refractivity (Wildman–Crippen MR) is 79.7 cm³/mol. The largest absolute Gasteiger partial charge is 0.302 e. The van der Waals surface area contributed by atoms with Crippen LogP contribution in [0.1, 0.15) is 16.8 Å². The Labute approximate surface area is 117 Å². The summed E-state index contributed by atoms with van der Waals surface area (Å²) in [4.78, 5) is 4.70. The lowest BCUT2D eigenvalue weighted by molar-refractivity contribution is 1.09. The van der Waals surface area contributed by atoms with Crippen LogP contribution in [0.15, 0.2) is 42.6 Å². The number of aryl methyl sites for hydroxylation is 2. The van der Waals surface area contributed by atoms with Gasteiger partial charge >= 0.3 is 0 Å². The van der Waals surface area contributed by atoms with Crippen molar-refractivity contribution in [3.8, 4) is 11.3 Å². The lowest BCUT2D eigenvalue weighted by Gasteiger charge is -2.05. The van der Waals surface area contributed by atoms with Crippen LogP contribution in [0.2, 0.25) is 0 Å². The molecule has 1 aromatic carbocycles. The molecule has 0 saturated carbocycles. The molecule has 0 atom stereocenters. The molecule has 3 rings (SSSR count). The third kappa shape index (κ3) is 2.02. The topological polar surface area (TPSA) is 17.3 Å². The normalized spacial score (nSPS) is 11.1. The molecule has 2 nitrogen and oxygen atoms in total. The molecule has 2 aromatic heterocycles. The highest BCUT2D eigenvalue weighted by Gasteiger charge is 2.13. The Balaban J connectivity index is 2.26. The average molecular weight is 271 g/mol. The SMILES string of the molecule is Cc1ccc(-c2nc3ccccn3c2CCl)cc1C. The first-order valence-electron chi connectivity index (χ1n) is 6.30. The monoisotopic (exact) mass is 270 g/mol. The van der Waals surface area contributed by atoms with Gasteiger partial charge in [0, 0.05) is 11.8 Å². The molecule has 0 aliphatic heterocycles. The van der Waals surface area contributed by atoms with Crippen molar-refractivity contribution >= 4 is 17.2 Å². The Morgan fingerprint density at radius 1 is 1.11 bits per heavy atom. The van der Waals surface area contributed by atoms with Gasteiger partial charge in [0.25, 0.3) is 0 Å². The van der Waals surface area contributed by atoms with Crippen LogP contribution < -0.4 is 0 Å². The summed E-state index contributed by atoms with van der Waals surface area (Å²) in [5.41, 5.74) is 6.65. The highest BCUT2D eigenvalue weighted by molar-refractivity contribution is 6.17. The van der Waals surface area contributed by atoms with Crippen LogP contribution in [0, 0.1) is 13.8 Å². The molecule has 0 N–H and O–H groups in total. The minimum absolute atomic E-state index is 0.452. The van der Waals surface area contributed by atoms with Crippen LogP contribution >= 0.6 is 11.6 Å². The van der Waals surface area contributed by atoms with Gasteiger partial charge in [-0.1, -0.05) is 18.2 Å². The first kappa shape index (κ1) is 12.2. The lowest BCUT2D eigenvalue weighted by Crippen LogP contribution is -1.91. The van der Waals surface area contributed by atoms with Crippen molar-refractivity contribution in [3.05, 3.63) is 59.4 Å². The van der Waals surface area contributed by atoms with Crippen molar-refractivity contribution in [1.82, 2.24) is 9.38 Å². The average Bonchev–Trinajstić information content (AvgIpc) is 2.80. The molecule has 0 aliphatic rings. The second kappa shape index (κ2) is 4.71. The zero-order chi connectivity index (χ0) is 13.4. The van der Waals surface area contributed by atoms with Gasteiger partial charge in [-0.25, -0.2) is 4.98 Å². The van der Waals surface area contributed by atoms with Gasteiger partial charge in [-0.05, 0) is 43.2 Å². The van der Waals surface area contributed by atoms with E-state index >= 15 is 0 Å². The Bertz CT molecular complexity index is 744. The van der Waals surface area contributed by atoms with Crippen molar-refractivity contribution in [2.45, 2.75) is 19.7 Å². The molecule has 19 heavy (non-hydrogen) atoms. The Morgan fingerprint density at radius 3 is 2.68 bits per heavy atom. The smallest absolute Gasteiger partial charge is 0.137 e. The van der Waals surface area contributed by atoms with E-state index in [1.807, 2.05) is 24.4 Å². The molecule has 0 unspecified atom stereocenters. The van der Waals surface area contributed by atoms with Crippen molar-refractivity contribution in [2.75, 3.05) is 0 Å². The summed E-state index contributed by atoms with van der Waals surface area (Å²) < 4.78 is 2.05. The van der Waals surface area contributed by atoms with E-state index in [2.05, 4.69) is 36.4 Å². The molecule has 0 fully saturated rings. The van der Waals surface area contributed by atoms with E-state index in [4.69, 9.17) is 16.6 Å². The lowest BCUT2D eigenvalue weighted by atomic mass is 10.0. The second-order valence-electron chi connectivity index (χ2n) is 4.77. The van der Waals surface area contributed by atoms with E-state index in [0.29, 0.717) is 5.88 Å². The number of rotatable bonds is 2. The van der Waals surface area contributed by atoms with E-state index in [9.17, 15) is 0 Å². The third-order valence-electron chi connectivity index (χ3n) is 3.54. The predicted octanol–water partition coefficient (Wildman–Crippen LogP) is 4.36. The van der Waals surface area contributed by atoms with Crippen molar-refractivity contribution in [3.63, 3.8) is 0 Å². The Morgan fingerprint density at radius 2 is 1.95 bits per heavy atom. The maximum Gasteiger partial charge on any atom is 0.137 e. The van der Waals surface area contributed by atoms with Gasteiger partial charge in [0.15, 0.2) is 0 Å². The van der Waals surface area contributed by atoms with Crippen LogP contribution in [0.5, 0.6) is 0 Å². The summed E-state index contributed by atoms with van der Waals surface area (Å²) >= 11 is 6.11. The fourth-order valence-corrected chi connectivity index (χ4v) is 2.55.